The van der Waals surface area contributed by atoms with Gasteiger partial charge in [-0.15, -0.1) is 0 Å². The lowest BCUT2D eigenvalue weighted by atomic mass is 9.51. The molecule has 0 radical (unpaired) electrons. The highest BCUT2D eigenvalue weighted by molar-refractivity contribution is 6.31. The van der Waals surface area contributed by atoms with E-state index in [1.165, 1.54) is 7.11 Å². The molecule has 1 aromatic heterocycles. The Bertz CT molecular complexity index is 1780. The molecule has 7 nitrogen and oxygen atoms in total. The average Bonchev–Trinajstić information content (AvgIpc) is 2.99. The Morgan fingerprint density at radius 1 is 1.00 bits per heavy atom. The summed E-state index contributed by atoms with van der Waals surface area (Å²) in [5.41, 5.74) is 9.40. The van der Waals surface area contributed by atoms with E-state index >= 15 is 0 Å². The molecule has 4 bridgehead atoms. The lowest BCUT2D eigenvalue weighted by Crippen LogP contribution is -2.64. The molecule has 0 saturated heterocycles. The number of aromatic nitrogens is 1. The van der Waals surface area contributed by atoms with E-state index in [0.717, 1.165) is 37.7 Å². The largest absolute Gasteiger partial charge is 0.464 e. The lowest BCUT2D eigenvalue weighted by Gasteiger charge is -2.58. The smallest absolute Gasteiger partial charge is 0.355 e. The number of amides is 1. The van der Waals surface area contributed by atoms with Gasteiger partial charge in [0.25, 0.3) is 5.91 Å². The third-order valence-electron chi connectivity index (χ3n) is 9.84. The average molecular weight is 596 g/mol. The molecule has 43 heavy (non-hydrogen) atoms. The number of hydrogen-bond donors (Lipinski definition) is 2. The van der Waals surface area contributed by atoms with Gasteiger partial charge in [0.05, 0.1) is 12.6 Å². The van der Waals surface area contributed by atoms with E-state index in [1.807, 2.05) is 42.5 Å². The molecule has 0 spiro atoms. The van der Waals surface area contributed by atoms with Gasteiger partial charge in [-0.1, -0.05) is 41.9 Å². The highest BCUT2D eigenvalue weighted by Gasteiger charge is 2.54. The van der Waals surface area contributed by atoms with E-state index < -0.39 is 5.97 Å². The third-order valence-corrected chi connectivity index (χ3v) is 10.1. The normalized spacial score (nSPS) is 25.6. The van der Waals surface area contributed by atoms with Crippen molar-refractivity contribution >= 4 is 34.4 Å². The van der Waals surface area contributed by atoms with Crippen LogP contribution >= 0.6 is 11.6 Å². The first-order chi connectivity index (χ1) is 20.7. The summed E-state index contributed by atoms with van der Waals surface area (Å²) in [6.07, 6.45) is 5.60. The van der Waals surface area contributed by atoms with Gasteiger partial charge in [-0.2, -0.15) is 0 Å². The van der Waals surface area contributed by atoms with Gasteiger partial charge < -0.3 is 20.4 Å². The van der Waals surface area contributed by atoms with Crippen LogP contribution in [-0.2, 0) is 11.2 Å². The Morgan fingerprint density at radius 2 is 1.70 bits per heavy atom. The van der Waals surface area contributed by atoms with Crippen molar-refractivity contribution in [3.05, 3.63) is 110 Å². The molecular formula is C35H34ClN3O4. The Morgan fingerprint density at radius 3 is 2.35 bits per heavy atom. The van der Waals surface area contributed by atoms with E-state index in [0.29, 0.717) is 50.5 Å². The SMILES string of the molecule is COC(=O)c1c(Cc2ccc(C(=O)N[C@@H]3[C@@H]4C[C@@H]5C[C@H]3C[C@@](N)(C5)C4)cc2)c(=O)c2ccc(Cl)cc2n1-c1ccccc1. The Hall–Kier alpha value is -3.94. The molecule has 4 saturated carbocycles. The summed E-state index contributed by atoms with van der Waals surface area (Å²) in [7, 11) is 1.30. The number of carbonyl (C=O) groups excluding carboxylic acids is 2. The van der Waals surface area contributed by atoms with Crippen LogP contribution in [0.2, 0.25) is 5.02 Å². The summed E-state index contributed by atoms with van der Waals surface area (Å²) < 4.78 is 6.93. The van der Waals surface area contributed by atoms with Crippen LogP contribution in [0.15, 0.2) is 77.6 Å². The van der Waals surface area contributed by atoms with Crippen LogP contribution in [0, 0.1) is 17.8 Å². The van der Waals surface area contributed by atoms with Crippen LogP contribution in [0.25, 0.3) is 16.6 Å². The molecule has 5 atom stereocenters. The molecule has 8 heteroatoms. The Labute approximate surface area is 255 Å². The number of nitrogens with two attached hydrogens (primary N) is 1. The van der Waals surface area contributed by atoms with Gasteiger partial charge in [0.2, 0.25) is 0 Å². The zero-order valence-electron chi connectivity index (χ0n) is 24.0. The number of benzene rings is 3. The van der Waals surface area contributed by atoms with E-state index in [-0.39, 0.29) is 35.0 Å². The van der Waals surface area contributed by atoms with Crippen molar-refractivity contribution in [3.8, 4) is 5.69 Å². The van der Waals surface area contributed by atoms with Gasteiger partial charge in [0.15, 0.2) is 5.43 Å². The predicted molar refractivity (Wildman–Crippen MR) is 167 cm³/mol. The first-order valence-corrected chi connectivity index (χ1v) is 15.3. The minimum absolute atomic E-state index is 0.0451. The van der Waals surface area contributed by atoms with Crippen LogP contribution in [0.5, 0.6) is 0 Å². The topological polar surface area (TPSA) is 103 Å². The number of methoxy groups -OCH3 is 1. The maximum atomic E-state index is 13.9. The lowest BCUT2D eigenvalue weighted by molar-refractivity contribution is -0.0278. The number of nitrogens with zero attached hydrogens (tertiary/aromatic N) is 1. The molecule has 4 fully saturated rings. The molecule has 4 aliphatic carbocycles. The summed E-state index contributed by atoms with van der Waals surface area (Å²) in [5.74, 6) is 0.892. The highest BCUT2D eigenvalue weighted by atomic mass is 35.5. The summed E-state index contributed by atoms with van der Waals surface area (Å²) in [4.78, 5) is 40.5. The van der Waals surface area contributed by atoms with Gasteiger partial charge in [0, 0.05) is 45.2 Å². The van der Waals surface area contributed by atoms with Gasteiger partial charge in [-0.25, -0.2) is 4.79 Å². The number of esters is 1. The van der Waals surface area contributed by atoms with Crippen molar-refractivity contribution in [3.63, 3.8) is 0 Å². The molecule has 8 rings (SSSR count). The number of hydrogen-bond acceptors (Lipinski definition) is 5. The van der Waals surface area contributed by atoms with Crippen molar-refractivity contribution in [2.45, 2.75) is 50.1 Å². The summed E-state index contributed by atoms with van der Waals surface area (Å²) in [5, 5.41) is 4.23. The maximum absolute atomic E-state index is 13.9. The molecule has 1 heterocycles. The van der Waals surface area contributed by atoms with E-state index in [4.69, 9.17) is 22.1 Å². The fourth-order valence-corrected chi connectivity index (χ4v) is 8.43. The monoisotopic (exact) mass is 595 g/mol. The molecule has 0 unspecified atom stereocenters. The molecule has 4 aliphatic rings. The minimum atomic E-state index is -0.622. The van der Waals surface area contributed by atoms with E-state index in [9.17, 15) is 14.4 Å². The molecule has 1 amide bonds. The number of para-hydroxylation sites is 1. The fraction of sp³-hybridized carbons (Fsp3) is 0.343. The number of rotatable bonds is 6. The second-order valence-electron chi connectivity index (χ2n) is 12.7. The second kappa shape index (κ2) is 10.6. The van der Waals surface area contributed by atoms with E-state index in [2.05, 4.69) is 5.32 Å². The van der Waals surface area contributed by atoms with Crippen LogP contribution in [0.3, 0.4) is 0 Å². The third kappa shape index (κ3) is 4.94. The summed E-state index contributed by atoms with van der Waals surface area (Å²) >= 11 is 6.34. The van der Waals surface area contributed by atoms with Crippen molar-refractivity contribution in [2.24, 2.45) is 23.5 Å². The zero-order valence-corrected chi connectivity index (χ0v) is 24.8. The number of halogens is 1. The molecule has 0 aliphatic heterocycles. The quantitative estimate of drug-likeness (QED) is 0.280. The molecule has 4 aromatic rings. The number of carbonyl (C=O) groups is 2. The number of nitrogens with one attached hydrogen (secondary N) is 1. The van der Waals surface area contributed by atoms with Crippen molar-refractivity contribution in [1.82, 2.24) is 9.88 Å². The predicted octanol–water partition coefficient (Wildman–Crippen LogP) is 5.66. The molecule has 3 aromatic carbocycles. The zero-order chi connectivity index (χ0) is 29.9. The fourth-order valence-electron chi connectivity index (χ4n) is 8.26. The van der Waals surface area contributed by atoms with Crippen molar-refractivity contribution < 1.29 is 14.3 Å². The number of fused-ring (bicyclic) bond motifs is 1. The summed E-state index contributed by atoms with van der Waals surface area (Å²) in [6.45, 7) is 0. The second-order valence-corrected chi connectivity index (χ2v) is 13.1. The summed E-state index contributed by atoms with van der Waals surface area (Å²) in [6, 6.07) is 21.8. The van der Waals surface area contributed by atoms with Crippen LogP contribution in [0.1, 0.15) is 64.1 Å². The van der Waals surface area contributed by atoms with E-state index in [1.54, 1.807) is 34.9 Å². The van der Waals surface area contributed by atoms with Gasteiger partial charge in [-0.3, -0.25) is 9.59 Å². The van der Waals surface area contributed by atoms with Crippen LogP contribution < -0.4 is 16.5 Å². The number of pyridine rings is 1. The standard InChI is InChI=1S/C35H34ClN3O4/c1-43-34(42)31-28(32(40)27-12-11-25(36)16-29(27)39(31)26-5-3-2-4-6-26)15-20-7-9-22(10-8-20)33(41)38-30-23-13-21-14-24(30)19-35(37,17-21)18-23/h2-12,16,21,23-24,30H,13-15,17-19,37H2,1H3,(H,38,41)/t21-,23-,24+,30-,35-. The van der Waals surface area contributed by atoms with Crippen molar-refractivity contribution in [1.29, 1.82) is 0 Å². The van der Waals surface area contributed by atoms with Crippen LogP contribution in [-0.4, -0.2) is 35.1 Å². The van der Waals surface area contributed by atoms with Gasteiger partial charge in [0.1, 0.15) is 5.69 Å². The first-order valence-electron chi connectivity index (χ1n) is 14.9. The van der Waals surface area contributed by atoms with Crippen LogP contribution in [0.4, 0.5) is 0 Å². The Balaban J connectivity index is 1.21. The van der Waals surface area contributed by atoms with Gasteiger partial charge >= 0.3 is 5.97 Å². The van der Waals surface area contributed by atoms with Crippen molar-refractivity contribution in [2.75, 3.05) is 7.11 Å². The molecule has 3 N–H and O–H groups in total. The first kappa shape index (κ1) is 27.9. The van der Waals surface area contributed by atoms with Gasteiger partial charge in [-0.05, 0) is 97.9 Å². The number of ether oxygens (including phenoxy) is 1. The Kier molecular flexibility index (Phi) is 6.90. The molecular weight excluding hydrogens is 562 g/mol. The highest BCUT2D eigenvalue weighted by Crippen LogP contribution is 2.54. The maximum Gasteiger partial charge on any atom is 0.355 e. The minimum Gasteiger partial charge on any atom is -0.464 e. The molecule has 220 valence electrons.